The molecular weight excluding hydrogens is 396 g/mol. The van der Waals surface area contributed by atoms with Gasteiger partial charge in [0.15, 0.2) is 12.4 Å². The number of hydrogen-bond donors (Lipinski definition) is 1. The molecule has 0 unspecified atom stereocenters. The van der Waals surface area contributed by atoms with Gasteiger partial charge in [-0.05, 0) is 49.4 Å². The highest BCUT2D eigenvalue weighted by molar-refractivity contribution is 7.92. The number of nitrogens with one attached hydrogen (secondary N) is 1. The Bertz CT molecular complexity index is 866. The van der Waals surface area contributed by atoms with Crippen LogP contribution in [0.5, 0.6) is 0 Å². The van der Waals surface area contributed by atoms with Gasteiger partial charge in [-0.3, -0.25) is 18.7 Å². The summed E-state index contributed by atoms with van der Waals surface area (Å²) in [6.45, 7) is 2.14. The zero-order chi connectivity index (χ0) is 21.4. The first-order valence-corrected chi connectivity index (χ1v) is 11.6. The number of rotatable bonds is 10. The first kappa shape index (κ1) is 22.9. The fourth-order valence-corrected chi connectivity index (χ4v) is 4.21. The Hall–Kier alpha value is -2.42. The molecule has 1 aromatic rings. The number of ketones is 1. The number of hydrogen-bond acceptors (Lipinski definition) is 6. The lowest BCUT2D eigenvalue weighted by Gasteiger charge is -2.29. The molecule has 29 heavy (non-hydrogen) atoms. The molecule has 1 aliphatic heterocycles. The van der Waals surface area contributed by atoms with Crippen molar-refractivity contribution in [1.82, 2.24) is 5.32 Å². The second-order valence-corrected chi connectivity index (χ2v) is 9.07. The Morgan fingerprint density at radius 2 is 1.93 bits per heavy atom. The van der Waals surface area contributed by atoms with Gasteiger partial charge in [0, 0.05) is 32.0 Å². The average Bonchev–Trinajstić information content (AvgIpc) is 2.66. The number of esters is 1. The minimum Gasteiger partial charge on any atom is -0.457 e. The van der Waals surface area contributed by atoms with Gasteiger partial charge in [-0.25, -0.2) is 8.42 Å². The van der Waals surface area contributed by atoms with Crippen molar-refractivity contribution in [3.05, 3.63) is 29.3 Å². The van der Waals surface area contributed by atoms with Gasteiger partial charge in [0.2, 0.25) is 15.9 Å². The topological polar surface area (TPSA) is 110 Å². The first-order chi connectivity index (χ1) is 13.7. The zero-order valence-corrected chi connectivity index (χ0v) is 17.7. The van der Waals surface area contributed by atoms with Gasteiger partial charge in [-0.1, -0.05) is 6.42 Å². The lowest BCUT2D eigenvalue weighted by Crippen LogP contribution is -2.34. The van der Waals surface area contributed by atoms with Gasteiger partial charge in [0.1, 0.15) is 0 Å². The molecule has 160 valence electrons. The van der Waals surface area contributed by atoms with E-state index in [2.05, 4.69) is 5.32 Å². The Kier molecular flexibility index (Phi) is 8.19. The molecule has 1 heterocycles. The molecule has 1 aliphatic rings. The van der Waals surface area contributed by atoms with Crippen LogP contribution in [0.15, 0.2) is 18.2 Å². The second kappa shape index (κ2) is 10.4. The fourth-order valence-electron chi connectivity index (χ4n) is 3.22. The zero-order valence-electron chi connectivity index (χ0n) is 16.9. The van der Waals surface area contributed by atoms with Crippen LogP contribution in [0, 0.1) is 0 Å². The molecule has 1 aromatic carbocycles. The van der Waals surface area contributed by atoms with Gasteiger partial charge >= 0.3 is 5.97 Å². The number of fused-ring (bicyclic) bond motifs is 1. The molecule has 1 N–H and O–H groups in total. The van der Waals surface area contributed by atoms with Crippen molar-refractivity contribution in [3.8, 4) is 0 Å². The number of aryl methyl sites for hydroxylation is 1. The molecule has 0 radical (unpaired) electrons. The van der Waals surface area contributed by atoms with E-state index in [-0.39, 0.29) is 24.7 Å². The van der Waals surface area contributed by atoms with Gasteiger partial charge in [-0.15, -0.1) is 0 Å². The molecule has 1 amide bonds. The van der Waals surface area contributed by atoms with E-state index in [0.717, 1.165) is 18.4 Å². The molecular formula is C20H28N2O6S. The van der Waals surface area contributed by atoms with Crippen LogP contribution in [0.1, 0.15) is 54.9 Å². The predicted octanol–water partition coefficient (Wildman–Crippen LogP) is 1.82. The van der Waals surface area contributed by atoms with Crippen LogP contribution in [-0.4, -0.2) is 52.0 Å². The highest BCUT2D eigenvalue weighted by atomic mass is 32.2. The molecule has 0 fully saturated rings. The second-order valence-electron chi connectivity index (χ2n) is 7.16. The van der Waals surface area contributed by atoms with Crippen molar-refractivity contribution in [3.63, 3.8) is 0 Å². The van der Waals surface area contributed by atoms with E-state index in [4.69, 9.17) is 4.74 Å². The van der Waals surface area contributed by atoms with E-state index in [9.17, 15) is 22.8 Å². The number of ether oxygens (including phenoxy) is 1. The molecule has 0 saturated heterocycles. The largest absolute Gasteiger partial charge is 0.457 e. The van der Waals surface area contributed by atoms with Gasteiger partial charge in [-0.2, -0.15) is 0 Å². The van der Waals surface area contributed by atoms with Crippen LogP contribution in [0.3, 0.4) is 0 Å². The molecule has 2 rings (SSSR count). The Labute approximate surface area is 171 Å². The Morgan fingerprint density at radius 3 is 2.62 bits per heavy atom. The summed E-state index contributed by atoms with van der Waals surface area (Å²) in [5.74, 6) is -0.823. The number of Topliss-reactive ketones (excluding diaryl/α,β-unsaturated/α-hetero) is 1. The van der Waals surface area contributed by atoms with E-state index in [1.165, 1.54) is 17.5 Å². The van der Waals surface area contributed by atoms with Crippen LogP contribution in [0.25, 0.3) is 0 Å². The Balaban J connectivity index is 1.81. The number of benzene rings is 1. The maximum atomic E-state index is 12.3. The minimum absolute atomic E-state index is 0.0749. The lowest BCUT2D eigenvalue weighted by atomic mass is 9.99. The highest BCUT2D eigenvalue weighted by Crippen LogP contribution is 2.30. The molecule has 0 spiro atoms. The van der Waals surface area contributed by atoms with Crippen LogP contribution >= 0.6 is 0 Å². The van der Waals surface area contributed by atoms with Crippen molar-refractivity contribution < 1.29 is 27.5 Å². The monoisotopic (exact) mass is 424 g/mol. The number of sulfonamides is 1. The van der Waals surface area contributed by atoms with Crippen LogP contribution in [0.2, 0.25) is 0 Å². The molecule has 9 heteroatoms. The van der Waals surface area contributed by atoms with Crippen LogP contribution in [0.4, 0.5) is 5.69 Å². The summed E-state index contributed by atoms with van der Waals surface area (Å²) in [4.78, 5) is 34.9. The Morgan fingerprint density at radius 1 is 1.17 bits per heavy atom. The number of nitrogens with zero attached hydrogens (tertiary/aromatic N) is 1. The molecule has 0 aliphatic carbocycles. The summed E-state index contributed by atoms with van der Waals surface area (Å²) in [7, 11) is -3.35. The smallest absolute Gasteiger partial charge is 0.306 e. The average molecular weight is 425 g/mol. The summed E-state index contributed by atoms with van der Waals surface area (Å²) in [6.07, 6.45) is 4.97. The lowest BCUT2D eigenvalue weighted by molar-refractivity contribution is -0.142. The number of carbonyl (C=O) groups is 3. The van der Waals surface area contributed by atoms with E-state index >= 15 is 0 Å². The third-order valence-corrected chi connectivity index (χ3v) is 5.85. The van der Waals surface area contributed by atoms with Gasteiger partial charge in [0.05, 0.1) is 11.9 Å². The van der Waals surface area contributed by atoms with E-state index < -0.39 is 16.0 Å². The van der Waals surface area contributed by atoms with Crippen LogP contribution in [-0.2, 0) is 30.8 Å². The predicted molar refractivity (Wildman–Crippen MR) is 109 cm³/mol. The highest BCUT2D eigenvalue weighted by Gasteiger charge is 2.24. The van der Waals surface area contributed by atoms with E-state index in [1.807, 2.05) is 0 Å². The normalized spacial score (nSPS) is 13.5. The van der Waals surface area contributed by atoms with E-state index in [0.29, 0.717) is 43.6 Å². The first-order valence-electron chi connectivity index (χ1n) is 9.72. The molecule has 0 atom stereocenters. The maximum absolute atomic E-state index is 12.3. The number of unbranched alkanes of at least 4 members (excludes halogenated alkanes) is 2. The molecule has 0 saturated carbocycles. The summed E-state index contributed by atoms with van der Waals surface area (Å²) in [5.41, 5.74) is 1.81. The maximum Gasteiger partial charge on any atom is 0.306 e. The van der Waals surface area contributed by atoms with Crippen molar-refractivity contribution in [2.45, 2.75) is 45.4 Å². The van der Waals surface area contributed by atoms with Crippen molar-refractivity contribution in [2.75, 3.05) is 30.3 Å². The third-order valence-electron chi connectivity index (χ3n) is 4.67. The minimum atomic E-state index is -3.35. The fraction of sp³-hybridized carbons (Fsp3) is 0.550. The summed E-state index contributed by atoms with van der Waals surface area (Å²) < 4.78 is 30.2. The quantitative estimate of drug-likeness (QED) is 0.349. The van der Waals surface area contributed by atoms with Crippen LogP contribution < -0.4 is 9.62 Å². The van der Waals surface area contributed by atoms with E-state index in [1.54, 1.807) is 18.2 Å². The number of carbonyl (C=O) groups excluding carboxylic acids is 3. The summed E-state index contributed by atoms with van der Waals surface area (Å²) >= 11 is 0. The van der Waals surface area contributed by atoms with Gasteiger partial charge < -0.3 is 10.1 Å². The van der Waals surface area contributed by atoms with Crippen molar-refractivity contribution in [2.24, 2.45) is 0 Å². The summed E-state index contributed by atoms with van der Waals surface area (Å²) in [5, 5.41) is 2.69. The van der Waals surface area contributed by atoms with Crippen molar-refractivity contribution >= 4 is 33.4 Å². The third kappa shape index (κ3) is 7.16. The van der Waals surface area contributed by atoms with Gasteiger partial charge in [0.25, 0.3) is 0 Å². The molecule has 0 aromatic heterocycles. The number of amides is 1. The SMILES string of the molecule is CC(=O)NCCCCCC(=O)OCC(=O)c1ccc2c(c1)CCCN2S(C)(=O)=O. The molecule has 0 bridgehead atoms. The summed E-state index contributed by atoms with van der Waals surface area (Å²) in [6, 6.07) is 4.89. The van der Waals surface area contributed by atoms with Crippen molar-refractivity contribution in [1.29, 1.82) is 0 Å². The molecule has 8 nitrogen and oxygen atoms in total. The standard InChI is InChI=1S/C20H28N2O6S/c1-15(23)21-11-5-3-4-8-20(25)28-14-19(24)17-9-10-18-16(13-17)7-6-12-22(18)29(2,26)27/h9-10,13H,3-8,11-12,14H2,1-2H3,(H,21,23). The number of anilines is 1.